The number of benzene rings is 1. The third-order valence-electron chi connectivity index (χ3n) is 3.57. The number of rotatable bonds is 7. The number of hydrogen-bond acceptors (Lipinski definition) is 4. The molecule has 0 aromatic heterocycles. The number of halogens is 6. The van der Waals surface area contributed by atoms with Crippen LogP contribution in [0.2, 0.25) is 0 Å². The molecule has 1 atom stereocenters. The van der Waals surface area contributed by atoms with Gasteiger partial charge in [0.1, 0.15) is 12.2 Å². The van der Waals surface area contributed by atoms with Gasteiger partial charge in [-0.25, -0.2) is 0 Å². The smallest absolute Gasteiger partial charge is 0.389 e. The minimum absolute atomic E-state index is 0.0590. The van der Waals surface area contributed by atoms with Gasteiger partial charge in [-0.05, 0) is 32.8 Å². The van der Waals surface area contributed by atoms with E-state index in [2.05, 4.69) is 0 Å². The monoisotopic (exact) mass is 458 g/mol. The zero-order valence-electron chi connectivity index (χ0n) is 17.9. The number of ether oxygens (including phenoxy) is 2. The molecule has 1 rings (SSSR count). The van der Waals surface area contributed by atoms with E-state index in [1.807, 2.05) is 0 Å². The maximum atomic E-state index is 12.5. The number of carbonyl (C=O) groups excluding carboxylic acids is 2. The van der Waals surface area contributed by atoms with Gasteiger partial charge >= 0.3 is 24.3 Å². The Hall–Kier alpha value is -2.26. The minimum atomic E-state index is -4.41. The van der Waals surface area contributed by atoms with E-state index in [-0.39, 0.29) is 6.61 Å². The predicted molar refractivity (Wildman–Crippen MR) is 102 cm³/mol. The number of carbonyl (C=O) groups is 2. The molecular weight excluding hydrogens is 430 g/mol. The lowest BCUT2D eigenvalue weighted by atomic mass is 9.99. The van der Waals surface area contributed by atoms with Crippen molar-refractivity contribution >= 4 is 11.9 Å². The molecule has 10 heteroatoms. The Morgan fingerprint density at radius 1 is 0.935 bits per heavy atom. The lowest BCUT2D eigenvalue weighted by Crippen LogP contribution is -2.28. The summed E-state index contributed by atoms with van der Waals surface area (Å²) in [4.78, 5) is 24.0. The largest absolute Gasteiger partial charge is 0.461 e. The Morgan fingerprint density at radius 3 is 1.87 bits per heavy atom. The third-order valence-corrected chi connectivity index (χ3v) is 3.57. The van der Waals surface area contributed by atoms with Crippen molar-refractivity contribution < 1.29 is 45.4 Å². The van der Waals surface area contributed by atoms with Crippen LogP contribution >= 0.6 is 0 Å². The molecule has 1 aromatic carbocycles. The van der Waals surface area contributed by atoms with Gasteiger partial charge in [0.2, 0.25) is 0 Å². The molecule has 0 aliphatic rings. The highest BCUT2D eigenvalue weighted by Gasteiger charge is 2.33. The molecule has 0 radical (unpaired) electrons. The fraction of sp³-hybridized carbons (Fsp3) is 0.619. The Labute approximate surface area is 177 Å². The Kier molecular flexibility index (Phi) is 11.6. The second kappa shape index (κ2) is 12.6. The van der Waals surface area contributed by atoms with Crippen LogP contribution in [0.25, 0.3) is 0 Å². The second-order valence-corrected chi connectivity index (χ2v) is 7.70. The van der Waals surface area contributed by atoms with Crippen molar-refractivity contribution in [1.29, 1.82) is 0 Å². The van der Waals surface area contributed by atoms with Crippen LogP contribution in [0.1, 0.15) is 58.9 Å². The molecule has 0 heterocycles. The van der Waals surface area contributed by atoms with Gasteiger partial charge in [0.25, 0.3) is 0 Å². The molecule has 0 spiro atoms. The Morgan fingerprint density at radius 2 is 1.45 bits per heavy atom. The van der Waals surface area contributed by atoms with E-state index in [4.69, 9.17) is 9.47 Å². The predicted octanol–water partition coefficient (Wildman–Crippen LogP) is 6.38. The normalized spacial score (nSPS) is 13.0. The highest BCUT2D eigenvalue weighted by atomic mass is 19.4. The van der Waals surface area contributed by atoms with Crippen LogP contribution in [0, 0.1) is 5.92 Å². The SMILES string of the molecule is CC(C)(C)OC(=O)CC(CCC(F)(F)F)C(=O)OCc1ccccc1.CCC(F)(F)F. The lowest BCUT2D eigenvalue weighted by molar-refractivity contribution is -0.165. The van der Waals surface area contributed by atoms with Crippen LogP contribution < -0.4 is 0 Å². The summed E-state index contributed by atoms with van der Waals surface area (Å²) in [5.74, 6) is -2.75. The molecule has 1 unspecified atom stereocenters. The fourth-order valence-corrected chi connectivity index (χ4v) is 2.07. The van der Waals surface area contributed by atoms with Gasteiger partial charge in [0.15, 0.2) is 0 Å². The summed E-state index contributed by atoms with van der Waals surface area (Å²) in [5, 5.41) is 0. The molecule has 4 nitrogen and oxygen atoms in total. The van der Waals surface area contributed by atoms with Crippen molar-refractivity contribution in [3.8, 4) is 0 Å². The van der Waals surface area contributed by atoms with E-state index in [0.29, 0.717) is 5.56 Å². The lowest BCUT2D eigenvalue weighted by Gasteiger charge is -2.22. The van der Waals surface area contributed by atoms with E-state index in [1.165, 1.54) is 0 Å². The molecule has 0 saturated heterocycles. The standard InChI is InChI=1S/C18H23F3O4.C3H5F3/c1-17(2,3)25-15(22)11-14(9-10-18(19,20)21)16(23)24-12-13-7-5-4-6-8-13;1-2-3(4,5)6/h4-8,14H,9-12H2,1-3H3;2H2,1H3. The van der Waals surface area contributed by atoms with Crippen molar-refractivity contribution in [2.24, 2.45) is 5.92 Å². The Balaban J connectivity index is 0.00000131. The molecule has 178 valence electrons. The summed E-state index contributed by atoms with van der Waals surface area (Å²) < 4.78 is 79.9. The van der Waals surface area contributed by atoms with Crippen LogP contribution in [-0.2, 0) is 25.7 Å². The number of alkyl halides is 6. The zero-order valence-corrected chi connectivity index (χ0v) is 17.9. The van der Waals surface area contributed by atoms with Gasteiger partial charge in [-0.1, -0.05) is 37.3 Å². The van der Waals surface area contributed by atoms with Gasteiger partial charge in [0.05, 0.1) is 12.3 Å². The van der Waals surface area contributed by atoms with Crippen LogP contribution in [0.15, 0.2) is 30.3 Å². The molecule has 0 aliphatic heterocycles. The summed E-state index contributed by atoms with van der Waals surface area (Å²) in [5.41, 5.74) is -0.0673. The molecule has 1 aromatic rings. The van der Waals surface area contributed by atoms with Gasteiger partial charge in [-0.2, -0.15) is 26.3 Å². The average Bonchev–Trinajstić information content (AvgIpc) is 2.61. The molecule has 0 amide bonds. The molecule has 0 N–H and O–H groups in total. The van der Waals surface area contributed by atoms with Gasteiger partial charge in [0, 0.05) is 12.8 Å². The van der Waals surface area contributed by atoms with E-state index < -0.39 is 61.5 Å². The highest BCUT2D eigenvalue weighted by molar-refractivity contribution is 5.80. The van der Waals surface area contributed by atoms with Crippen LogP contribution in [-0.4, -0.2) is 29.9 Å². The minimum Gasteiger partial charge on any atom is -0.461 e. The first-order valence-corrected chi connectivity index (χ1v) is 9.58. The average molecular weight is 458 g/mol. The first-order chi connectivity index (χ1) is 14.0. The van der Waals surface area contributed by atoms with Crippen molar-refractivity contribution in [2.45, 2.75) is 77.9 Å². The number of hydrogen-bond donors (Lipinski definition) is 0. The summed E-state index contributed by atoms with van der Waals surface area (Å²) in [7, 11) is 0. The first-order valence-electron chi connectivity index (χ1n) is 9.58. The van der Waals surface area contributed by atoms with Crippen molar-refractivity contribution in [3.05, 3.63) is 35.9 Å². The van der Waals surface area contributed by atoms with E-state index in [1.54, 1.807) is 51.1 Å². The maximum absolute atomic E-state index is 12.5. The molecule has 0 bridgehead atoms. The van der Waals surface area contributed by atoms with Crippen LogP contribution in [0.3, 0.4) is 0 Å². The molecule has 31 heavy (non-hydrogen) atoms. The van der Waals surface area contributed by atoms with Crippen molar-refractivity contribution in [3.63, 3.8) is 0 Å². The Bertz CT molecular complexity index is 663. The maximum Gasteiger partial charge on any atom is 0.389 e. The molecular formula is C21H28F6O4. The third kappa shape index (κ3) is 17.1. The number of esters is 2. The summed E-state index contributed by atoms with van der Waals surface area (Å²) >= 11 is 0. The quantitative estimate of drug-likeness (QED) is 0.352. The van der Waals surface area contributed by atoms with Gasteiger partial charge < -0.3 is 9.47 Å². The van der Waals surface area contributed by atoms with Crippen molar-refractivity contribution in [1.82, 2.24) is 0 Å². The summed E-state index contributed by atoms with van der Waals surface area (Å²) in [6.07, 6.45) is -11.2. The van der Waals surface area contributed by atoms with Gasteiger partial charge in [-0.15, -0.1) is 0 Å². The zero-order chi connectivity index (χ0) is 24.3. The van der Waals surface area contributed by atoms with Gasteiger partial charge in [-0.3, -0.25) is 9.59 Å². The van der Waals surface area contributed by atoms with Crippen molar-refractivity contribution in [2.75, 3.05) is 0 Å². The molecule has 0 aliphatic carbocycles. The fourth-order valence-electron chi connectivity index (χ4n) is 2.07. The topological polar surface area (TPSA) is 52.6 Å². The second-order valence-electron chi connectivity index (χ2n) is 7.70. The van der Waals surface area contributed by atoms with E-state index >= 15 is 0 Å². The first kappa shape index (κ1) is 28.7. The van der Waals surface area contributed by atoms with E-state index in [9.17, 15) is 35.9 Å². The summed E-state index contributed by atoms with van der Waals surface area (Å²) in [6, 6.07) is 8.76. The van der Waals surface area contributed by atoms with Crippen LogP contribution in [0.4, 0.5) is 26.3 Å². The summed E-state index contributed by atoms with van der Waals surface area (Å²) in [6.45, 7) is 5.95. The van der Waals surface area contributed by atoms with Crippen LogP contribution in [0.5, 0.6) is 0 Å². The molecule has 0 saturated carbocycles. The molecule has 0 fully saturated rings. The highest BCUT2D eigenvalue weighted by Crippen LogP contribution is 2.27. The van der Waals surface area contributed by atoms with E-state index in [0.717, 1.165) is 6.92 Å².